The minimum Gasteiger partial charge on any atom is -0.310 e. The molecule has 8 aromatic carbocycles. The molecule has 0 fully saturated rings. The zero-order chi connectivity index (χ0) is 30.0. The molecule has 0 unspecified atom stereocenters. The molecule has 212 valence electrons. The molecular formula is C44H31N. The maximum Gasteiger partial charge on any atom is 0.0468 e. The van der Waals surface area contributed by atoms with Gasteiger partial charge in [-0.15, -0.1) is 0 Å². The van der Waals surface area contributed by atoms with Crippen molar-refractivity contribution in [1.29, 1.82) is 0 Å². The van der Waals surface area contributed by atoms with Crippen LogP contribution in [0.1, 0.15) is 0 Å². The van der Waals surface area contributed by atoms with Crippen LogP contribution in [0.5, 0.6) is 0 Å². The molecule has 8 rings (SSSR count). The third-order valence-corrected chi connectivity index (χ3v) is 8.65. The molecule has 0 heterocycles. The smallest absolute Gasteiger partial charge is 0.0468 e. The highest BCUT2D eigenvalue weighted by atomic mass is 15.1. The first kappa shape index (κ1) is 26.7. The summed E-state index contributed by atoms with van der Waals surface area (Å²) in [6, 6.07) is 67.6. The van der Waals surface area contributed by atoms with E-state index in [1.807, 2.05) is 0 Å². The molecule has 0 radical (unpaired) electrons. The molecule has 0 aliphatic rings. The highest BCUT2D eigenvalue weighted by Crippen LogP contribution is 2.42. The molecule has 0 bridgehead atoms. The summed E-state index contributed by atoms with van der Waals surface area (Å²) in [7, 11) is 0. The van der Waals surface area contributed by atoms with Gasteiger partial charge < -0.3 is 4.90 Å². The van der Waals surface area contributed by atoms with Crippen molar-refractivity contribution in [1.82, 2.24) is 0 Å². The zero-order valence-corrected chi connectivity index (χ0v) is 24.8. The third-order valence-electron chi connectivity index (χ3n) is 8.65. The fourth-order valence-electron chi connectivity index (χ4n) is 6.50. The zero-order valence-electron chi connectivity index (χ0n) is 24.8. The molecule has 0 saturated carbocycles. The van der Waals surface area contributed by atoms with Crippen molar-refractivity contribution < 1.29 is 0 Å². The van der Waals surface area contributed by atoms with Crippen LogP contribution in [-0.2, 0) is 0 Å². The van der Waals surface area contributed by atoms with E-state index in [2.05, 4.69) is 193 Å². The largest absolute Gasteiger partial charge is 0.310 e. The number of fused-ring (bicyclic) bond motifs is 3. The van der Waals surface area contributed by atoms with Gasteiger partial charge in [0.05, 0.1) is 0 Å². The van der Waals surface area contributed by atoms with Crippen LogP contribution in [0.2, 0.25) is 0 Å². The lowest BCUT2D eigenvalue weighted by Crippen LogP contribution is -2.10. The normalized spacial score (nSPS) is 11.1. The molecule has 1 nitrogen and oxygen atoms in total. The van der Waals surface area contributed by atoms with E-state index in [0.717, 1.165) is 17.1 Å². The summed E-state index contributed by atoms with van der Waals surface area (Å²) in [6.45, 7) is 0. The molecule has 1 heteroatoms. The van der Waals surface area contributed by atoms with Crippen LogP contribution in [0.15, 0.2) is 188 Å². The minimum atomic E-state index is 1.11. The van der Waals surface area contributed by atoms with Gasteiger partial charge in [0.15, 0.2) is 0 Å². The maximum atomic E-state index is 2.35. The van der Waals surface area contributed by atoms with E-state index >= 15 is 0 Å². The highest BCUT2D eigenvalue weighted by Gasteiger charge is 2.17. The molecule has 0 atom stereocenters. The van der Waals surface area contributed by atoms with Gasteiger partial charge in [-0.3, -0.25) is 0 Å². The van der Waals surface area contributed by atoms with Crippen molar-refractivity contribution in [3.63, 3.8) is 0 Å². The first-order valence-electron chi connectivity index (χ1n) is 15.4. The Balaban J connectivity index is 1.27. The summed E-state index contributed by atoms with van der Waals surface area (Å²) in [4.78, 5) is 2.35. The highest BCUT2D eigenvalue weighted by molar-refractivity contribution is 6.13. The second-order valence-corrected chi connectivity index (χ2v) is 11.4. The van der Waals surface area contributed by atoms with Crippen LogP contribution < -0.4 is 4.90 Å². The van der Waals surface area contributed by atoms with Gasteiger partial charge in [-0.05, 0) is 97.4 Å². The average molecular weight is 574 g/mol. The number of hydrogen-bond acceptors (Lipinski definition) is 1. The van der Waals surface area contributed by atoms with Gasteiger partial charge in [0, 0.05) is 17.1 Å². The van der Waals surface area contributed by atoms with Crippen LogP contribution in [-0.4, -0.2) is 0 Å². The molecular weight excluding hydrogens is 542 g/mol. The summed E-state index contributed by atoms with van der Waals surface area (Å²) in [6.07, 6.45) is 0. The SMILES string of the molecule is c1ccc(-c2ccc(N(c3ccccc3)c3ccc(-c4cc5ccccc5c5ccccc45)cc3)cc2-c2ccccc2)cc1. The molecule has 45 heavy (non-hydrogen) atoms. The Morgan fingerprint density at radius 3 is 1.44 bits per heavy atom. The van der Waals surface area contributed by atoms with Gasteiger partial charge >= 0.3 is 0 Å². The molecule has 0 N–H and O–H groups in total. The standard InChI is InChI=1S/C44H31N/c1-4-14-32(15-5-1)40-29-28-38(31-44(40)33-16-6-2-7-17-33)45(36-19-8-3-9-20-36)37-26-24-34(25-27-37)43-30-35-18-10-11-21-39(35)41-22-12-13-23-42(41)43/h1-31H. The average Bonchev–Trinajstić information content (AvgIpc) is 3.13. The lowest BCUT2D eigenvalue weighted by Gasteiger charge is -2.27. The number of benzene rings is 8. The Bertz CT molecular complexity index is 2240. The van der Waals surface area contributed by atoms with Gasteiger partial charge in [0.25, 0.3) is 0 Å². The van der Waals surface area contributed by atoms with E-state index in [0.29, 0.717) is 0 Å². The summed E-state index contributed by atoms with van der Waals surface area (Å²) in [5, 5.41) is 5.10. The third kappa shape index (κ3) is 5.05. The summed E-state index contributed by atoms with van der Waals surface area (Å²) < 4.78 is 0. The lowest BCUT2D eigenvalue weighted by molar-refractivity contribution is 1.28. The number of anilines is 3. The van der Waals surface area contributed by atoms with Crippen molar-refractivity contribution in [3.05, 3.63) is 188 Å². The van der Waals surface area contributed by atoms with Gasteiger partial charge in [-0.25, -0.2) is 0 Å². The minimum absolute atomic E-state index is 1.11. The maximum absolute atomic E-state index is 2.35. The molecule has 0 aromatic heterocycles. The van der Waals surface area contributed by atoms with Crippen LogP contribution in [0, 0.1) is 0 Å². The predicted octanol–water partition coefficient (Wildman–Crippen LogP) is 12.5. The van der Waals surface area contributed by atoms with Crippen molar-refractivity contribution in [3.8, 4) is 33.4 Å². The van der Waals surface area contributed by atoms with Crippen molar-refractivity contribution >= 4 is 38.6 Å². The van der Waals surface area contributed by atoms with E-state index in [1.54, 1.807) is 0 Å². The quantitative estimate of drug-likeness (QED) is 0.179. The second-order valence-electron chi connectivity index (χ2n) is 11.4. The molecule has 0 amide bonds. The predicted molar refractivity (Wildman–Crippen MR) is 192 cm³/mol. The first-order chi connectivity index (χ1) is 22.3. The van der Waals surface area contributed by atoms with E-state index < -0.39 is 0 Å². The van der Waals surface area contributed by atoms with Crippen LogP contribution >= 0.6 is 0 Å². The molecule has 0 spiro atoms. The van der Waals surface area contributed by atoms with Crippen LogP contribution in [0.3, 0.4) is 0 Å². The van der Waals surface area contributed by atoms with Gasteiger partial charge in [-0.2, -0.15) is 0 Å². The summed E-state index contributed by atoms with van der Waals surface area (Å²) in [5.74, 6) is 0. The van der Waals surface area contributed by atoms with E-state index in [1.165, 1.54) is 54.9 Å². The lowest BCUT2D eigenvalue weighted by atomic mass is 9.93. The van der Waals surface area contributed by atoms with Crippen molar-refractivity contribution in [2.75, 3.05) is 4.90 Å². The summed E-state index contributed by atoms with van der Waals surface area (Å²) >= 11 is 0. The molecule has 8 aromatic rings. The van der Waals surface area contributed by atoms with Crippen LogP contribution in [0.25, 0.3) is 54.9 Å². The Labute approximate surface area is 264 Å². The van der Waals surface area contributed by atoms with Gasteiger partial charge in [-0.1, -0.05) is 146 Å². The van der Waals surface area contributed by atoms with Crippen LogP contribution in [0.4, 0.5) is 17.1 Å². The van der Waals surface area contributed by atoms with E-state index in [-0.39, 0.29) is 0 Å². The molecule has 0 aliphatic carbocycles. The molecule has 0 aliphatic heterocycles. The number of hydrogen-bond donors (Lipinski definition) is 0. The van der Waals surface area contributed by atoms with Gasteiger partial charge in [0.2, 0.25) is 0 Å². The monoisotopic (exact) mass is 573 g/mol. The number of nitrogens with zero attached hydrogens (tertiary/aromatic N) is 1. The van der Waals surface area contributed by atoms with Crippen molar-refractivity contribution in [2.45, 2.75) is 0 Å². The fraction of sp³-hybridized carbons (Fsp3) is 0. The van der Waals surface area contributed by atoms with Crippen molar-refractivity contribution in [2.24, 2.45) is 0 Å². The topological polar surface area (TPSA) is 3.24 Å². The summed E-state index contributed by atoms with van der Waals surface area (Å²) in [5.41, 5.74) is 10.6. The number of rotatable bonds is 6. The van der Waals surface area contributed by atoms with E-state index in [4.69, 9.17) is 0 Å². The first-order valence-corrected chi connectivity index (χ1v) is 15.4. The molecule has 0 saturated heterocycles. The Kier molecular flexibility index (Phi) is 6.90. The second kappa shape index (κ2) is 11.6. The Hall–Kier alpha value is -5.92. The Morgan fingerprint density at radius 2 is 0.756 bits per heavy atom. The Morgan fingerprint density at radius 1 is 0.267 bits per heavy atom. The van der Waals surface area contributed by atoms with E-state index in [9.17, 15) is 0 Å². The fourth-order valence-corrected chi connectivity index (χ4v) is 6.50. The van der Waals surface area contributed by atoms with Gasteiger partial charge in [0.1, 0.15) is 0 Å². The number of para-hydroxylation sites is 1.